The highest BCUT2D eigenvalue weighted by Crippen LogP contribution is 2.24. The minimum absolute atomic E-state index is 0.0632. The van der Waals surface area contributed by atoms with Gasteiger partial charge in [-0.3, -0.25) is 49.6 Å². The van der Waals surface area contributed by atoms with Gasteiger partial charge in [-0.1, -0.05) is 107 Å². The van der Waals surface area contributed by atoms with E-state index in [0.717, 1.165) is 125 Å². The van der Waals surface area contributed by atoms with E-state index in [2.05, 4.69) is 94.1 Å². The molecule has 0 saturated heterocycles. The average Bonchev–Trinajstić information content (AvgIpc) is 3.78. The summed E-state index contributed by atoms with van der Waals surface area (Å²) < 4.78 is 12.2. The number of nitrogens with two attached hydrogens (primary N) is 4. The molecule has 0 saturated carbocycles. The molecule has 0 bridgehead atoms. The summed E-state index contributed by atoms with van der Waals surface area (Å²) in [6.45, 7) is 15.9. The lowest BCUT2D eigenvalue weighted by molar-refractivity contribution is -0.126. The van der Waals surface area contributed by atoms with Gasteiger partial charge in [-0.05, 0) is 130 Å². The highest BCUT2D eigenvalue weighted by molar-refractivity contribution is 6.69. The van der Waals surface area contributed by atoms with Crippen molar-refractivity contribution in [3.05, 3.63) is 93.4 Å². The Bertz CT molecular complexity index is 2650. The largest absolute Gasteiger partial charge is 0.492 e. The molecule has 0 unspecified atom stereocenters. The van der Waals surface area contributed by atoms with E-state index in [1.807, 2.05) is 44.2 Å². The topological polar surface area (TPSA) is 308 Å². The number of carbonyl (C=O) groups excluding carboxylic acids is 4. The number of benzene rings is 2. The van der Waals surface area contributed by atoms with E-state index in [4.69, 9.17) is 55.6 Å². The number of hydrogen-bond acceptors (Lipinski definition) is 15. The molecule has 3 aromatic rings. The van der Waals surface area contributed by atoms with E-state index in [1.54, 1.807) is 0 Å². The minimum Gasteiger partial charge on any atom is -0.492 e. The van der Waals surface area contributed by atoms with Gasteiger partial charge in [-0.15, -0.1) is 0 Å². The van der Waals surface area contributed by atoms with Crippen LogP contribution in [-0.2, 0) is 27.2 Å². The fourth-order valence-corrected chi connectivity index (χ4v) is 9.25. The molecule has 12 N–H and O–H groups in total. The first-order valence-electron chi connectivity index (χ1n) is 29.5. The third-order valence-electron chi connectivity index (χ3n) is 13.8. The second kappa shape index (κ2) is 39.6. The zero-order valence-corrected chi connectivity index (χ0v) is 50.9. The number of carbonyl (C=O) groups is 4. The SMILES string of the molecule is CCCCCCN(CCNC(=O)CCC(=O)NCCN(CCCC)CCOc1ccc(CCCCN=C(N)NC(=O)C2=C(CC)CC=C(CC)C(Cl)=N2)cc1)CCOc1ccc(CCCCN=C(N)NC(=O)c2nc(Cl)c(N)nc2N)cc1. The lowest BCUT2D eigenvalue weighted by atomic mass is 10.1. The van der Waals surface area contributed by atoms with Crippen molar-refractivity contribution in [3.63, 3.8) is 0 Å². The van der Waals surface area contributed by atoms with Crippen LogP contribution in [-0.4, -0.2) is 139 Å². The molecule has 0 spiro atoms. The van der Waals surface area contributed by atoms with Crippen LogP contribution in [0, 0.1) is 0 Å². The number of guanidine groups is 2. The van der Waals surface area contributed by atoms with Crippen LogP contribution in [0.1, 0.15) is 146 Å². The number of aromatic nitrogens is 2. The molecule has 0 fully saturated rings. The van der Waals surface area contributed by atoms with E-state index in [-0.39, 0.29) is 59.1 Å². The third-order valence-corrected chi connectivity index (χ3v) is 14.4. The Morgan fingerprint density at radius 1 is 0.602 bits per heavy atom. The predicted octanol–water partition coefficient (Wildman–Crippen LogP) is 7.61. The van der Waals surface area contributed by atoms with Gasteiger partial charge in [0.05, 0.1) is 0 Å². The first-order valence-corrected chi connectivity index (χ1v) is 30.3. The normalized spacial score (nSPS) is 12.9. The highest BCUT2D eigenvalue weighted by atomic mass is 35.5. The fourth-order valence-electron chi connectivity index (χ4n) is 8.82. The monoisotopic (exact) mass is 1190 g/mol. The second-order valence-electron chi connectivity index (χ2n) is 20.3. The van der Waals surface area contributed by atoms with E-state index in [9.17, 15) is 19.2 Å². The smallest absolute Gasteiger partial charge is 0.280 e. The Hall–Kier alpha value is -6.81. The number of nitrogens with one attached hydrogen (secondary N) is 4. The van der Waals surface area contributed by atoms with Crippen LogP contribution in [0.2, 0.25) is 5.15 Å². The molecule has 0 atom stereocenters. The quantitative estimate of drug-likeness (QED) is 0.0155. The van der Waals surface area contributed by atoms with Crippen molar-refractivity contribution >= 4 is 75.6 Å². The van der Waals surface area contributed by atoms with E-state index >= 15 is 0 Å². The number of aryl methyl sites for hydroxylation is 2. The van der Waals surface area contributed by atoms with E-state index < -0.39 is 11.8 Å². The summed E-state index contributed by atoms with van der Waals surface area (Å²) in [5.41, 5.74) is 27.6. The van der Waals surface area contributed by atoms with Crippen molar-refractivity contribution in [2.75, 3.05) is 90.1 Å². The molecule has 4 amide bonds. The third kappa shape index (κ3) is 27.4. The van der Waals surface area contributed by atoms with Gasteiger partial charge >= 0.3 is 0 Å². The van der Waals surface area contributed by atoms with Crippen molar-refractivity contribution in [2.45, 2.75) is 137 Å². The lowest BCUT2D eigenvalue weighted by Gasteiger charge is -2.23. The van der Waals surface area contributed by atoms with Crippen LogP contribution in [0.15, 0.2) is 86.4 Å². The first kappa shape index (κ1) is 68.7. The fraction of sp³-hybridized carbons (Fsp3) is 0.550. The first-order chi connectivity index (χ1) is 40.1. The number of amides is 4. The molecule has 1 aliphatic heterocycles. The minimum atomic E-state index is -0.681. The maximum Gasteiger partial charge on any atom is 0.280 e. The number of anilines is 2. The standard InChI is InChI=1S/C60H91Cl2N15O6/c1-5-9-11-16-36-77(40-42-83-48-27-21-44(22-28-48)18-13-15-32-70-60(66)75-58(81)52-55(63)73-56(64)54(62)72-52)38-34-68-50(79)30-29-49(78)67-33-37-76(35-10-6-2)39-41-82-47-25-19-43(20-26-47)17-12-14-31-69-59(65)74-57(80)51-45(7-3)23-24-46(8-4)53(61)71-51/h19-22,24-28H,5-18,23,29-42H2,1-4H3,(H,67,78)(H,68,79)(H4,63,64,73)(H3,65,69,74,80)(H3,66,70,75,81). The van der Waals surface area contributed by atoms with E-state index in [1.165, 1.54) is 12.0 Å². The lowest BCUT2D eigenvalue weighted by Crippen LogP contribution is -2.39. The molecule has 4 rings (SSSR count). The Kier molecular flexibility index (Phi) is 32.8. The van der Waals surface area contributed by atoms with Gasteiger partial charge in [0.25, 0.3) is 11.8 Å². The van der Waals surface area contributed by atoms with Gasteiger partial charge in [0.1, 0.15) is 35.6 Å². The average molecular weight is 1190 g/mol. The summed E-state index contributed by atoms with van der Waals surface area (Å²) in [6, 6.07) is 16.2. The molecular weight excluding hydrogens is 1100 g/mol. The summed E-state index contributed by atoms with van der Waals surface area (Å²) >= 11 is 12.2. The number of halogens is 2. The van der Waals surface area contributed by atoms with Crippen LogP contribution in [0.4, 0.5) is 11.6 Å². The number of aliphatic imine (C=N–C) groups is 3. The maximum absolute atomic E-state index is 13.0. The van der Waals surface area contributed by atoms with Gasteiger partial charge in [0.15, 0.2) is 34.4 Å². The molecule has 83 heavy (non-hydrogen) atoms. The number of nitrogens with zero attached hydrogens (tertiary/aromatic N) is 7. The molecule has 1 aromatic heterocycles. The predicted molar refractivity (Wildman–Crippen MR) is 335 cm³/mol. The Morgan fingerprint density at radius 3 is 1.63 bits per heavy atom. The molecule has 21 nitrogen and oxygen atoms in total. The second-order valence-corrected chi connectivity index (χ2v) is 21.0. The number of rotatable bonds is 39. The van der Waals surface area contributed by atoms with Gasteiger partial charge in [0, 0.05) is 65.2 Å². The molecular formula is C60H91Cl2N15O6. The number of ether oxygens (including phenoxy) is 2. The molecule has 1 aliphatic rings. The molecule has 0 aliphatic carbocycles. The number of nitrogen functional groups attached to an aromatic ring is 2. The van der Waals surface area contributed by atoms with Crippen molar-refractivity contribution in [2.24, 2.45) is 26.4 Å². The van der Waals surface area contributed by atoms with Crippen LogP contribution in [0.5, 0.6) is 11.5 Å². The molecule has 2 heterocycles. The maximum atomic E-state index is 13.0. The van der Waals surface area contributed by atoms with Gasteiger partial charge < -0.3 is 43.0 Å². The van der Waals surface area contributed by atoms with Crippen molar-refractivity contribution in [1.82, 2.24) is 41.0 Å². The van der Waals surface area contributed by atoms with Crippen molar-refractivity contribution in [1.29, 1.82) is 0 Å². The zero-order valence-electron chi connectivity index (χ0n) is 49.3. The van der Waals surface area contributed by atoms with Crippen molar-refractivity contribution in [3.8, 4) is 11.5 Å². The van der Waals surface area contributed by atoms with Crippen LogP contribution in [0.3, 0.4) is 0 Å². The van der Waals surface area contributed by atoms with Gasteiger partial charge in [-0.25, -0.2) is 15.0 Å². The van der Waals surface area contributed by atoms with Crippen LogP contribution >= 0.6 is 23.2 Å². The summed E-state index contributed by atoms with van der Waals surface area (Å²) in [4.78, 5) is 76.3. The summed E-state index contributed by atoms with van der Waals surface area (Å²) in [5.74, 6) is -0.0132. The molecule has 23 heteroatoms. The number of hydrogen-bond donors (Lipinski definition) is 8. The molecule has 0 radical (unpaired) electrons. The number of unbranched alkanes of at least 4 members (excludes halogenated alkanes) is 6. The summed E-state index contributed by atoms with van der Waals surface area (Å²) in [5, 5.41) is 11.3. The zero-order chi connectivity index (χ0) is 60.2. The van der Waals surface area contributed by atoms with Crippen LogP contribution < -0.4 is 53.7 Å². The molecule has 2 aromatic carbocycles. The van der Waals surface area contributed by atoms with Crippen LogP contribution in [0.25, 0.3) is 0 Å². The molecule has 456 valence electrons. The van der Waals surface area contributed by atoms with E-state index in [0.29, 0.717) is 82.7 Å². The summed E-state index contributed by atoms with van der Waals surface area (Å²) in [7, 11) is 0. The van der Waals surface area contributed by atoms with Gasteiger partial charge in [-0.2, -0.15) is 0 Å². The van der Waals surface area contributed by atoms with Crippen molar-refractivity contribution < 1.29 is 28.7 Å². The Balaban J connectivity index is 1.06. The van der Waals surface area contributed by atoms with Gasteiger partial charge in [0.2, 0.25) is 11.8 Å². The highest BCUT2D eigenvalue weighted by Gasteiger charge is 2.20. The Labute approximate surface area is 501 Å². The number of allylic oxidation sites excluding steroid dienone is 3. The summed E-state index contributed by atoms with van der Waals surface area (Å²) in [6.07, 6.45) is 16.0. The Morgan fingerprint density at radius 2 is 1.12 bits per heavy atom.